The minimum Gasteiger partial charge on any atom is -0.463 e. The average molecular weight is 806 g/mol. The molecule has 0 radical (unpaired) electrons. The lowest BCUT2D eigenvalue weighted by Gasteiger charge is -2.63. The Labute approximate surface area is 344 Å². The molecule has 1 N–H and O–H groups in total. The van der Waals surface area contributed by atoms with Crippen molar-refractivity contribution in [1.29, 1.82) is 0 Å². The summed E-state index contributed by atoms with van der Waals surface area (Å²) in [6.07, 6.45) is 8.57. The van der Waals surface area contributed by atoms with Crippen molar-refractivity contribution in [3.05, 3.63) is 35.4 Å². The third-order valence-corrected chi connectivity index (χ3v) is 16.5. The summed E-state index contributed by atoms with van der Waals surface area (Å²) in [7, 11) is 0. The molecule has 2 heterocycles. The number of esters is 3. The van der Waals surface area contributed by atoms with Crippen LogP contribution in [0.4, 0.5) is 0 Å². The van der Waals surface area contributed by atoms with Crippen LogP contribution in [0.5, 0.6) is 0 Å². The van der Waals surface area contributed by atoms with Crippen LogP contribution in [0.25, 0.3) is 0 Å². The highest BCUT2D eigenvalue weighted by Crippen LogP contribution is 2.69. The number of benzene rings is 1. The van der Waals surface area contributed by atoms with E-state index in [0.29, 0.717) is 30.1 Å². The van der Waals surface area contributed by atoms with Gasteiger partial charge in [-0.05, 0) is 128 Å². The molecule has 5 fully saturated rings. The van der Waals surface area contributed by atoms with E-state index in [1.165, 1.54) is 77.8 Å². The summed E-state index contributed by atoms with van der Waals surface area (Å²) < 4.78 is 24.3. The Hall–Kier alpha value is -3.31. The summed E-state index contributed by atoms with van der Waals surface area (Å²) in [5, 5.41) is 12.1. The van der Waals surface area contributed by atoms with Gasteiger partial charge < -0.3 is 24.1 Å². The smallest absolute Gasteiger partial charge is 0.303 e. The molecule has 0 bridgehead atoms. The molecule has 320 valence electrons. The van der Waals surface area contributed by atoms with Gasteiger partial charge in [0, 0.05) is 20.8 Å². The maximum absolute atomic E-state index is 13.8. The first kappa shape index (κ1) is 42.8. The lowest BCUT2D eigenvalue weighted by molar-refractivity contribution is -0.332. The molecule has 4 saturated carbocycles. The van der Waals surface area contributed by atoms with Crippen LogP contribution in [0.3, 0.4) is 0 Å². The van der Waals surface area contributed by atoms with Gasteiger partial charge in [0.05, 0.1) is 11.1 Å². The molecule has 1 saturated heterocycles. The first-order valence-electron chi connectivity index (χ1n) is 22.2. The van der Waals surface area contributed by atoms with Crippen molar-refractivity contribution >= 4 is 29.7 Å². The Morgan fingerprint density at radius 3 is 2.07 bits per heavy atom. The number of fused-ring (bicyclic) bond motifs is 6. The summed E-state index contributed by atoms with van der Waals surface area (Å²) in [5.74, 6) is 0.679. The number of imide groups is 1. The van der Waals surface area contributed by atoms with Gasteiger partial charge in [0.25, 0.3) is 11.8 Å². The third kappa shape index (κ3) is 7.32. The van der Waals surface area contributed by atoms with Crippen molar-refractivity contribution in [3.8, 4) is 0 Å². The fourth-order valence-electron chi connectivity index (χ4n) is 13.9. The maximum Gasteiger partial charge on any atom is 0.303 e. The van der Waals surface area contributed by atoms with Gasteiger partial charge in [-0.25, -0.2) is 0 Å². The van der Waals surface area contributed by atoms with E-state index in [2.05, 4.69) is 34.6 Å². The highest BCUT2D eigenvalue weighted by Gasteiger charge is 2.67. The molecule has 1 aromatic carbocycles. The number of aliphatic hydroxyl groups is 1. The first-order valence-corrected chi connectivity index (χ1v) is 22.2. The second-order valence-electron chi connectivity index (χ2n) is 20.0. The van der Waals surface area contributed by atoms with Crippen LogP contribution in [0.2, 0.25) is 0 Å². The number of nitrogens with zero attached hydrogens (tertiary/aromatic N) is 1. The van der Waals surface area contributed by atoms with Crippen LogP contribution in [-0.2, 0) is 33.3 Å². The van der Waals surface area contributed by atoms with Crippen LogP contribution >= 0.6 is 0 Å². The van der Waals surface area contributed by atoms with Gasteiger partial charge in [-0.1, -0.05) is 66.0 Å². The van der Waals surface area contributed by atoms with Crippen LogP contribution < -0.4 is 0 Å². The van der Waals surface area contributed by atoms with E-state index in [-0.39, 0.29) is 29.1 Å². The summed E-state index contributed by atoms with van der Waals surface area (Å²) in [4.78, 5) is 66.9. The Kier molecular flexibility index (Phi) is 12.0. The van der Waals surface area contributed by atoms with Crippen molar-refractivity contribution in [1.82, 2.24) is 4.90 Å². The van der Waals surface area contributed by atoms with Crippen molar-refractivity contribution in [2.24, 2.45) is 58.2 Å². The van der Waals surface area contributed by atoms with Gasteiger partial charge in [0.2, 0.25) is 0 Å². The van der Waals surface area contributed by atoms with Crippen LogP contribution in [-0.4, -0.2) is 76.5 Å². The molecule has 0 aromatic heterocycles. The van der Waals surface area contributed by atoms with Gasteiger partial charge in [-0.3, -0.25) is 28.9 Å². The van der Waals surface area contributed by atoms with Gasteiger partial charge in [-0.15, -0.1) is 0 Å². The molecule has 11 nitrogen and oxygen atoms in total. The van der Waals surface area contributed by atoms with E-state index >= 15 is 0 Å². The molecular weight excluding hydrogens is 739 g/mol. The molecular formula is C47H67NO10. The molecule has 1 aromatic rings. The van der Waals surface area contributed by atoms with E-state index in [9.17, 15) is 29.1 Å². The van der Waals surface area contributed by atoms with Gasteiger partial charge in [-0.2, -0.15) is 0 Å². The quantitative estimate of drug-likeness (QED) is 0.133. The monoisotopic (exact) mass is 805 g/mol. The average Bonchev–Trinajstić information content (AvgIpc) is 3.64. The fraction of sp³-hybridized carbons (Fsp3) is 0.766. The lowest BCUT2D eigenvalue weighted by Crippen LogP contribution is -2.74. The summed E-state index contributed by atoms with van der Waals surface area (Å²) in [5.41, 5.74) is -0.947. The van der Waals surface area contributed by atoms with Gasteiger partial charge in [0.15, 0.2) is 18.5 Å². The summed E-state index contributed by atoms with van der Waals surface area (Å²) in [6, 6.07) is 4.74. The molecule has 58 heavy (non-hydrogen) atoms. The summed E-state index contributed by atoms with van der Waals surface area (Å²) >= 11 is 0. The Morgan fingerprint density at radius 1 is 0.810 bits per heavy atom. The second kappa shape index (κ2) is 16.3. The van der Waals surface area contributed by atoms with Crippen LogP contribution in [0, 0.1) is 58.2 Å². The maximum atomic E-state index is 13.8. The zero-order valence-corrected chi connectivity index (χ0v) is 36.0. The lowest BCUT2D eigenvalue weighted by atomic mass is 9.43. The predicted molar refractivity (Wildman–Crippen MR) is 215 cm³/mol. The molecule has 14 atom stereocenters. The molecule has 2 amide bonds. The molecule has 7 rings (SSSR count). The highest BCUT2D eigenvalue weighted by molar-refractivity contribution is 6.21. The largest absolute Gasteiger partial charge is 0.463 e. The van der Waals surface area contributed by atoms with E-state index in [0.717, 1.165) is 47.8 Å². The molecule has 2 unspecified atom stereocenters. The minimum atomic E-state index is -1.86. The first-order chi connectivity index (χ1) is 27.4. The summed E-state index contributed by atoms with van der Waals surface area (Å²) in [6.45, 7) is 15.5. The van der Waals surface area contributed by atoms with Crippen molar-refractivity contribution in [2.75, 3.05) is 6.61 Å². The van der Waals surface area contributed by atoms with Crippen molar-refractivity contribution in [3.63, 3.8) is 0 Å². The fourth-order valence-corrected chi connectivity index (χ4v) is 13.9. The highest BCUT2D eigenvalue weighted by atomic mass is 16.7. The number of amides is 2. The third-order valence-electron chi connectivity index (χ3n) is 16.5. The van der Waals surface area contributed by atoms with Crippen molar-refractivity contribution < 1.29 is 48.0 Å². The standard InChI is InChI=1S/C47H67NO10/c1-26(2)12-11-13-27(3)36-18-19-37-35-17-16-31-24-32(20-22-45(31,7)38(35)21-23-46(36,37)8)47(25-55-28(4)49)41(57-30(6)51)40(56-29(5)50)39(44(54)58-47)48-42(52)33-14-9-10-15-34(33)43(48)53/h9-10,14-15,26-27,31-32,35-41,44,54H,11-13,16-25H2,1-8H3/t27-,31?,32?,35+,36-,37+,38+,39-,40-,41+,44-,45+,46-,47+/m1/s1. The molecule has 4 aliphatic carbocycles. The van der Waals surface area contributed by atoms with E-state index in [1.54, 1.807) is 12.1 Å². The second-order valence-corrected chi connectivity index (χ2v) is 20.0. The van der Waals surface area contributed by atoms with Crippen molar-refractivity contribution in [2.45, 2.75) is 163 Å². The number of rotatable bonds is 11. The zero-order valence-electron chi connectivity index (χ0n) is 36.0. The van der Waals surface area contributed by atoms with Crippen LogP contribution in [0.15, 0.2) is 24.3 Å². The van der Waals surface area contributed by atoms with E-state index < -0.39 is 65.8 Å². The zero-order chi connectivity index (χ0) is 41.9. The van der Waals surface area contributed by atoms with Gasteiger partial charge in [0.1, 0.15) is 18.2 Å². The van der Waals surface area contributed by atoms with E-state index in [4.69, 9.17) is 18.9 Å². The number of carbonyl (C=O) groups excluding carboxylic acids is 5. The van der Waals surface area contributed by atoms with Gasteiger partial charge >= 0.3 is 17.9 Å². The molecule has 0 spiro atoms. The van der Waals surface area contributed by atoms with E-state index in [1.807, 2.05) is 0 Å². The number of carbonyl (C=O) groups is 5. The van der Waals surface area contributed by atoms with Crippen LogP contribution in [0.1, 0.15) is 153 Å². The SMILES string of the molecule is CC(=O)OC[C@@]1(C2CC[C@@]3(C)C(CC[C@H]4[C@@H]5CC[C@H]([C@H](C)CCCC(C)C)[C@@]5(C)CC[C@@H]43)C2)O[C@@H](O)[C@H](N2C(=O)c3ccccc3C2=O)[C@@H](OC(C)=O)[C@@H]1OC(C)=O. The molecule has 2 aliphatic heterocycles. The number of hydrogen-bond acceptors (Lipinski definition) is 10. The normalized spacial score (nSPS) is 39.9. The topological polar surface area (TPSA) is 146 Å². The number of hydrogen-bond donors (Lipinski definition) is 1. The molecule has 11 heteroatoms. The Bertz CT molecular complexity index is 1730. The minimum absolute atomic E-state index is 0.0620. The molecule has 6 aliphatic rings. The Morgan fingerprint density at radius 2 is 1.45 bits per heavy atom. The predicted octanol–water partition coefficient (Wildman–Crippen LogP) is 7.90. The Balaban J connectivity index is 1.18. The number of aliphatic hydroxyl groups excluding tert-OH is 1. The number of ether oxygens (including phenoxy) is 4.